The molecule has 2 N–H and O–H groups in total. The SMILES string of the molecule is CN(C)CCN(C)C1(CCc2cccc(C(F)(F)F)c2)CCCNC1.O=C(O)C(F)(F)F. The number of benzene rings is 1. The Morgan fingerprint density at radius 1 is 1.12 bits per heavy atom. The summed E-state index contributed by atoms with van der Waals surface area (Å²) < 4.78 is 70.5. The molecule has 32 heavy (non-hydrogen) atoms. The molecule has 1 atom stereocenters. The number of aliphatic carboxylic acids is 1. The molecule has 0 aromatic heterocycles. The number of piperidine rings is 1. The maximum atomic E-state index is 12.9. The summed E-state index contributed by atoms with van der Waals surface area (Å²) in [4.78, 5) is 13.5. The normalized spacial score (nSPS) is 19.6. The average Bonchev–Trinajstić information content (AvgIpc) is 2.70. The first-order valence-electron chi connectivity index (χ1n) is 10.2. The number of carboxylic acid groups (broad SMARTS) is 1. The molecule has 5 nitrogen and oxygen atoms in total. The number of nitrogens with one attached hydrogen (secondary N) is 1. The predicted molar refractivity (Wildman–Crippen MR) is 109 cm³/mol. The number of nitrogens with zero attached hydrogens (tertiary/aromatic N) is 2. The Labute approximate surface area is 184 Å². The van der Waals surface area contributed by atoms with E-state index >= 15 is 0 Å². The van der Waals surface area contributed by atoms with Gasteiger partial charge in [-0.1, -0.05) is 18.2 Å². The van der Waals surface area contributed by atoms with E-state index in [0.717, 1.165) is 57.1 Å². The zero-order valence-corrected chi connectivity index (χ0v) is 18.5. The molecule has 0 aliphatic carbocycles. The van der Waals surface area contributed by atoms with Crippen molar-refractivity contribution >= 4 is 5.97 Å². The third-order valence-corrected chi connectivity index (χ3v) is 5.52. The Morgan fingerprint density at radius 3 is 2.22 bits per heavy atom. The van der Waals surface area contributed by atoms with Gasteiger partial charge in [0.2, 0.25) is 0 Å². The quantitative estimate of drug-likeness (QED) is 0.591. The van der Waals surface area contributed by atoms with Crippen LogP contribution in [0.4, 0.5) is 26.3 Å². The number of alkyl halides is 6. The summed E-state index contributed by atoms with van der Waals surface area (Å²) in [6.45, 7) is 3.85. The lowest BCUT2D eigenvalue weighted by Crippen LogP contribution is -2.57. The fourth-order valence-electron chi connectivity index (χ4n) is 3.55. The van der Waals surface area contributed by atoms with Crippen LogP contribution in [-0.2, 0) is 17.4 Å². The number of carbonyl (C=O) groups is 1. The Bertz CT molecular complexity index is 716. The van der Waals surface area contributed by atoms with Crippen molar-refractivity contribution in [2.24, 2.45) is 0 Å². The minimum absolute atomic E-state index is 0.0164. The van der Waals surface area contributed by atoms with Gasteiger partial charge >= 0.3 is 18.3 Å². The maximum Gasteiger partial charge on any atom is 0.490 e. The molecular formula is C21H31F6N3O2. The topological polar surface area (TPSA) is 55.8 Å². The molecular weight excluding hydrogens is 440 g/mol. The first kappa shape index (κ1) is 28.2. The third kappa shape index (κ3) is 9.33. The lowest BCUT2D eigenvalue weighted by Gasteiger charge is -2.45. The van der Waals surface area contributed by atoms with Crippen LogP contribution in [0.3, 0.4) is 0 Å². The number of hydrogen-bond acceptors (Lipinski definition) is 4. The van der Waals surface area contributed by atoms with Gasteiger partial charge in [-0.25, -0.2) is 4.79 Å². The number of rotatable bonds is 7. The lowest BCUT2D eigenvalue weighted by atomic mass is 9.82. The van der Waals surface area contributed by atoms with Crippen molar-refractivity contribution < 1.29 is 36.2 Å². The van der Waals surface area contributed by atoms with E-state index in [2.05, 4.69) is 36.3 Å². The molecule has 1 aliphatic heterocycles. The number of aryl methyl sites for hydroxylation is 1. The van der Waals surface area contributed by atoms with E-state index in [4.69, 9.17) is 9.90 Å². The van der Waals surface area contributed by atoms with Crippen LogP contribution in [0.1, 0.15) is 30.4 Å². The van der Waals surface area contributed by atoms with Gasteiger partial charge in [-0.15, -0.1) is 0 Å². The van der Waals surface area contributed by atoms with Gasteiger partial charge in [-0.2, -0.15) is 26.3 Å². The summed E-state index contributed by atoms with van der Waals surface area (Å²) in [6.07, 6.45) is -5.64. The van der Waals surface area contributed by atoms with E-state index < -0.39 is 23.9 Å². The number of halogens is 6. The van der Waals surface area contributed by atoms with Gasteiger partial charge in [0.05, 0.1) is 5.56 Å². The molecule has 184 valence electrons. The first-order chi connectivity index (χ1) is 14.7. The van der Waals surface area contributed by atoms with Gasteiger partial charge in [0.25, 0.3) is 0 Å². The van der Waals surface area contributed by atoms with Crippen LogP contribution in [0.2, 0.25) is 0 Å². The summed E-state index contributed by atoms with van der Waals surface area (Å²) in [7, 11) is 6.26. The molecule has 1 aromatic rings. The van der Waals surface area contributed by atoms with E-state index in [1.165, 1.54) is 12.1 Å². The van der Waals surface area contributed by atoms with E-state index in [1.54, 1.807) is 6.07 Å². The van der Waals surface area contributed by atoms with Crippen molar-refractivity contribution in [3.63, 3.8) is 0 Å². The molecule has 0 saturated carbocycles. The Hall–Kier alpha value is -1.85. The van der Waals surface area contributed by atoms with Gasteiger partial charge in [-0.05, 0) is 65.0 Å². The fourth-order valence-corrected chi connectivity index (χ4v) is 3.55. The first-order valence-corrected chi connectivity index (χ1v) is 10.2. The highest BCUT2D eigenvalue weighted by Gasteiger charge is 2.38. The van der Waals surface area contributed by atoms with Gasteiger partial charge in [0.15, 0.2) is 0 Å². The molecule has 1 unspecified atom stereocenters. The fraction of sp³-hybridized carbons (Fsp3) is 0.667. The standard InChI is InChI=1S/C19H30F3N3.C2HF3O2/c1-24(2)12-13-25(3)18(9-5-11-23-15-18)10-8-16-6-4-7-17(14-16)19(20,21)22;3-2(4,5)1(6)7/h4,6-7,14,23H,5,8-13,15H2,1-3H3;(H,6,7). The second kappa shape index (κ2) is 11.9. The van der Waals surface area contributed by atoms with Crippen LogP contribution in [0.25, 0.3) is 0 Å². The number of likely N-dealkylation sites (N-methyl/N-ethyl adjacent to an activating group) is 2. The lowest BCUT2D eigenvalue weighted by molar-refractivity contribution is -0.192. The van der Waals surface area contributed by atoms with Crippen LogP contribution >= 0.6 is 0 Å². The highest BCUT2D eigenvalue weighted by Crippen LogP contribution is 2.32. The molecule has 1 aromatic carbocycles. The number of hydrogen-bond donors (Lipinski definition) is 2. The predicted octanol–water partition coefficient (Wildman–Crippen LogP) is 3.89. The molecule has 1 fully saturated rings. The van der Waals surface area contributed by atoms with Crippen molar-refractivity contribution in [1.82, 2.24) is 15.1 Å². The van der Waals surface area contributed by atoms with Crippen molar-refractivity contribution in [1.29, 1.82) is 0 Å². The summed E-state index contributed by atoms with van der Waals surface area (Å²) >= 11 is 0. The second-order valence-electron chi connectivity index (χ2n) is 8.23. The minimum atomic E-state index is -5.08. The second-order valence-corrected chi connectivity index (χ2v) is 8.23. The van der Waals surface area contributed by atoms with E-state index in [9.17, 15) is 26.3 Å². The Kier molecular flexibility index (Phi) is 10.4. The highest BCUT2D eigenvalue weighted by molar-refractivity contribution is 5.73. The van der Waals surface area contributed by atoms with Crippen LogP contribution < -0.4 is 5.32 Å². The van der Waals surface area contributed by atoms with Crippen molar-refractivity contribution in [3.05, 3.63) is 35.4 Å². The van der Waals surface area contributed by atoms with Crippen LogP contribution in [0, 0.1) is 0 Å². The molecule has 0 radical (unpaired) electrons. The molecule has 0 bridgehead atoms. The number of carboxylic acids is 1. The Balaban J connectivity index is 0.000000633. The molecule has 0 amide bonds. The Morgan fingerprint density at radius 2 is 1.75 bits per heavy atom. The van der Waals surface area contributed by atoms with E-state index in [0.29, 0.717) is 6.42 Å². The summed E-state index contributed by atoms with van der Waals surface area (Å²) in [5.74, 6) is -2.76. The van der Waals surface area contributed by atoms with Gasteiger partial charge < -0.3 is 15.3 Å². The summed E-state index contributed by atoms with van der Waals surface area (Å²) in [6, 6.07) is 5.76. The molecule has 1 saturated heterocycles. The van der Waals surface area contributed by atoms with Gasteiger partial charge in [0.1, 0.15) is 0 Å². The van der Waals surface area contributed by atoms with Crippen molar-refractivity contribution in [2.75, 3.05) is 47.3 Å². The molecule has 2 rings (SSSR count). The van der Waals surface area contributed by atoms with Crippen molar-refractivity contribution in [2.45, 2.75) is 43.6 Å². The van der Waals surface area contributed by atoms with E-state index in [1.807, 2.05) is 0 Å². The van der Waals surface area contributed by atoms with Crippen molar-refractivity contribution in [3.8, 4) is 0 Å². The molecule has 1 heterocycles. The largest absolute Gasteiger partial charge is 0.490 e. The van der Waals surface area contributed by atoms with Crippen LogP contribution in [0.5, 0.6) is 0 Å². The van der Waals surface area contributed by atoms with Gasteiger partial charge in [0, 0.05) is 25.2 Å². The third-order valence-electron chi connectivity index (χ3n) is 5.52. The smallest absolute Gasteiger partial charge is 0.475 e. The zero-order valence-electron chi connectivity index (χ0n) is 18.5. The molecule has 0 spiro atoms. The highest BCUT2D eigenvalue weighted by atomic mass is 19.4. The summed E-state index contributed by atoms with van der Waals surface area (Å²) in [5, 5.41) is 10.6. The van der Waals surface area contributed by atoms with Crippen LogP contribution in [-0.4, -0.2) is 79.9 Å². The summed E-state index contributed by atoms with van der Waals surface area (Å²) in [5.41, 5.74) is 0.227. The van der Waals surface area contributed by atoms with Gasteiger partial charge in [-0.3, -0.25) is 4.90 Å². The maximum absolute atomic E-state index is 12.9. The molecule has 1 aliphatic rings. The molecule has 11 heteroatoms. The minimum Gasteiger partial charge on any atom is -0.475 e. The van der Waals surface area contributed by atoms with Crippen LogP contribution in [0.15, 0.2) is 24.3 Å². The van der Waals surface area contributed by atoms with E-state index in [-0.39, 0.29) is 5.54 Å². The average molecular weight is 471 g/mol. The zero-order chi connectivity index (χ0) is 24.6. The monoisotopic (exact) mass is 471 g/mol.